The number of hydrogen-bond acceptors (Lipinski definition) is 3. The first-order valence-corrected chi connectivity index (χ1v) is 6.79. The zero-order valence-corrected chi connectivity index (χ0v) is 11.8. The maximum Gasteiger partial charge on any atom is 0.270 e. The molecule has 1 aromatic rings. The molecule has 0 spiro atoms. The Morgan fingerprint density at radius 3 is 2.74 bits per heavy atom. The van der Waals surface area contributed by atoms with E-state index in [0.29, 0.717) is 23.8 Å². The van der Waals surface area contributed by atoms with Crippen molar-refractivity contribution >= 4 is 11.6 Å². The predicted molar refractivity (Wildman–Crippen MR) is 74.9 cm³/mol. The Morgan fingerprint density at radius 2 is 2.21 bits per heavy atom. The molecule has 19 heavy (non-hydrogen) atoms. The van der Waals surface area contributed by atoms with E-state index < -0.39 is 0 Å². The fourth-order valence-corrected chi connectivity index (χ4v) is 2.61. The lowest BCUT2D eigenvalue weighted by Gasteiger charge is -2.34. The van der Waals surface area contributed by atoms with Gasteiger partial charge in [0.15, 0.2) is 0 Å². The Bertz CT molecular complexity index is 461. The van der Waals surface area contributed by atoms with Crippen molar-refractivity contribution in [3.8, 4) is 0 Å². The molecular weight excluding hydrogens is 242 g/mol. The van der Waals surface area contributed by atoms with Gasteiger partial charge >= 0.3 is 0 Å². The summed E-state index contributed by atoms with van der Waals surface area (Å²) in [5.41, 5.74) is 7.04. The van der Waals surface area contributed by atoms with Crippen molar-refractivity contribution in [1.82, 2.24) is 9.47 Å². The molecule has 1 aromatic heterocycles. The third-order valence-electron chi connectivity index (χ3n) is 3.73. The first-order chi connectivity index (χ1) is 8.88. The second-order valence-corrected chi connectivity index (χ2v) is 5.84. The topological polar surface area (TPSA) is 71.5 Å². The van der Waals surface area contributed by atoms with Gasteiger partial charge in [-0.25, -0.2) is 0 Å². The molecule has 1 fully saturated rings. The van der Waals surface area contributed by atoms with E-state index in [0.717, 1.165) is 12.8 Å². The van der Waals surface area contributed by atoms with Crippen LogP contribution in [0, 0.1) is 5.92 Å². The first kappa shape index (κ1) is 13.9. The number of nitrogens with zero attached hydrogens (tertiary/aromatic N) is 2. The minimum absolute atomic E-state index is 0.00760. The number of nitrogens with two attached hydrogens (primary N) is 1. The Kier molecular flexibility index (Phi) is 3.85. The van der Waals surface area contributed by atoms with Crippen molar-refractivity contribution in [3.63, 3.8) is 0 Å². The molecule has 5 heteroatoms. The van der Waals surface area contributed by atoms with E-state index in [-0.39, 0.29) is 18.1 Å². The molecule has 0 aromatic carbocycles. The van der Waals surface area contributed by atoms with Crippen LogP contribution in [0.1, 0.15) is 43.2 Å². The SMILES string of the molecule is CC(C)n1cc(N)cc1C(=O)N(C)CC1CC(O)C1. The van der Waals surface area contributed by atoms with Gasteiger partial charge in [0, 0.05) is 25.8 Å². The predicted octanol–water partition coefficient (Wildman–Crippen LogP) is 1.49. The average molecular weight is 265 g/mol. The summed E-state index contributed by atoms with van der Waals surface area (Å²) in [6.07, 6.45) is 3.22. The van der Waals surface area contributed by atoms with Crippen molar-refractivity contribution in [2.45, 2.75) is 38.8 Å². The summed E-state index contributed by atoms with van der Waals surface area (Å²) in [6, 6.07) is 1.93. The largest absolute Gasteiger partial charge is 0.397 e. The van der Waals surface area contributed by atoms with Crippen LogP contribution in [-0.4, -0.2) is 40.2 Å². The number of hydrogen-bond donors (Lipinski definition) is 2. The molecule has 1 aliphatic carbocycles. The molecule has 106 valence electrons. The molecule has 1 saturated carbocycles. The molecule has 2 rings (SSSR count). The lowest BCUT2D eigenvalue weighted by molar-refractivity contribution is 0.0262. The fraction of sp³-hybridized carbons (Fsp3) is 0.643. The number of anilines is 1. The van der Waals surface area contributed by atoms with Gasteiger partial charge in [-0.05, 0) is 38.7 Å². The Labute approximate surface area is 114 Å². The molecule has 3 N–H and O–H groups in total. The number of aliphatic hydroxyl groups excluding tert-OH is 1. The van der Waals surface area contributed by atoms with E-state index in [1.165, 1.54) is 0 Å². The first-order valence-electron chi connectivity index (χ1n) is 6.79. The van der Waals surface area contributed by atoms with Crippen LogP contribution in [0.25, 0.3) is 0 Å². The molecule has 0 aliphatic heterocycles. The number of rotatable bonds is 4. The molecule has 5 nitrogen and oxygen atoms in total. The van der Waals surface area contributed by atoms with Crippen LogP contribution in [-0.2, 0) is 0 Å². The van der Waals surface area contributed by atoms with Crippen molar-refractivity contribution in [2.75, 3.05) is 19.3 Å². The Morgan fingerprint density at radius 1 is 1.58 bits per heavy atom. The van der Waals surface area contributed by atoms with E-state index in [1.807, 2.05) is 18.4 Å². The van der Waals surface area contributed by atoms with Crippen LogP contribution < -0.4 is 5.73 Å². The van der Waals surface area contributed by atoms with Crippen LogP contribution in [0.4, 0.5) is 5.69 Å². The second kappa shape index (κ2) is 5.25. The molecular formula is C14H23N3O2. The number of carbonyl (C=O) groups excluding carboxylic acids is 1. The number of aromatic nitrogens is 1. The summed E-state index contributed by atoms with van der Waals surface area (Å²) < 4.78 is 1.91. The quantitative estimate of drug-likeness (QED) is 0.866. The molecule has 0 radical (unpaired) electrons. The molecule has 1 amide bonds. The van der Waals surface area contributed by atoms with Crippen LogP contribution in [0.2, 0.25) is 0 Å². The van der Waals surface area contributed by atoms with E-state index in [2.05, 4.69) is 0 Å². The minimum atomic E-state index is -0.177. The highest BCUT2D eigenvalue weighted by atomic mass is 16.3. The van der Waals surface area contributed by atoms with Crippen LogP contribution in [0.3, 0.4) is 0 Å². The van der Waals surface area contributed by atoms with Crippen LogP contribution >= 0.6 is 0 Å². The van der Waals surface area contributed by atoms with Crippen molar-refractivity contribution < 1.29 is 9.90 Å². The summed E-state index contributed by atoms with van der Waals surface area (Å²) in [5.74, 6) is 0.413. The highest BCUT2D eigenvalue weighted by molar-refractivity contribution is 5.93. The van der Waals surface area contributed by atoms with Crippen molar-refractivity contribution in [1.29, 1.82) is 0 Å². The Hall–Kier alpha value is -1.49. The van der Waals surface area contributed by atoms with E-state index in [1.54, 1.807) is 24.2 Å². The maximum atomic E-state index is 12.4. The lowest BCUT2D eigenvalue weighted by atomic mass is 9.82. The maximum absolute atomic E-state index is 12.4. The number of aliphatic hydroxyl groups is 1. The number of nitrogen functional groups attached to an aromatic ring is 1. The molecule has 1 aliphatic rings. The average Bonchev–Trinajstić information content (AvgIpc) is 2.68. The lowest BCUT2D eigenvalue weighted by Crippen LogP contribution is -2.40. The monoisotopic (exact) mass is 265 g/mol. The molecule has 1 heterocycles. The summed E-state index contributed by atoms with van der Waals surface area (Å²) >= 11 is 0. The van der Waals surface area contributed by atoms with Gasteiger partial charge in [-0.3, -0.25) is 4.79 Å². The molecule has 0 bridgehead atoms. The van der Waals surface area contributed by atoms with Gasteiger partial charge in [0.25, 0.3) is 5.91 Å². The normalized spacial score (nSPS) is 22.4. The van der Waals surface area contributed by atoms with E-state index in [9.17, 15) is 9.90 Å². The van der Waals surface area contributed by atoms with Gasteiger partial charge in [0.05, 0.1) is 11.8 Å². The highest BCUT2D eigenvalue weighted by Crippen LogP contribution is 2.28. The summed E-state index contributed by atoms with van der Waals surface area (Å²) in [5, 5.41) is 9.28. The zero-order valence-electron chi connectivity index (χ0n) is 11.8. The van der Waals surface area contributed by atoms with Crippen LogP contribution in [0.15, 0.2) is 12.3 Å². The third-order valence-corrected chi connectivity index (χ3v) is 3.73. The third kappa shape index (κ3) is 2.92. The standard InChI is InChI=1S/C14H23N3O2/c1-9(2)17-8-11(15)6-13(17)14(19)16(3)7-10-4-12(18)5-10/h6,8-10,12,18H,4-5,7,15H2,1-3H3. The summed E-state index contributed by atoms with van der Waals surface area (Å²) in [7, 11) is 1.81. The highest BCUT2D eigenvalue weighted by Gasteiger charge is 2.30. The smallest absolute Gasteiger partial charge is 0.270 e. The van der Waals surface area contributed by atoms with Gasteiger partial charge in [0.1, 0.15) is 5.69 Å². The minimum Gasteiger partial charge on any atom is -0.397 e. The van der Waals surface area contributed by atoms with Crippen molar-refractivity contribution in [2.24, 2.45) is 5.92 Å². The summed E-state index contributed by atoms with van der Waals surface area (Å²) in [4.78, 5) is 14.2. The van der Waals surface area contributed by atoms with Gasteiger partial charge < -0.3 is 20.3 Å². The van der Waals surface area contributed by atoms with Gasteiger partial charge in [0.2, 0.25) is 0 Å². The number of carbonyl (C=O) groups is 1. The van der Waals surface area contributed by atoms with Gasteiger partial charge in [-0.1, -0.05) is 0 Å². The molecule has 0 unspecified atom stereocenters. The summed E-state index contributed by atoms with van der Waals surface area (Å²) in [6.45, 7) is 4.75. The molecule has 0 saturated heterocycles. The van der Waals surface area contributed by atoms with Crippen molar-refractivity contribution in [3.05, 3.63) is 18.0 Å². The zero-order chi connectivity index (χ0) is 14.2. The second-order valence-electron chi connectivity index (χ2n) is 5.84. The van der Waals surface area contributed by atoms with Crippen LogP contribution in [0.5, 0.6) is 0 Å². The van der Waals surface area contributed by atoms with E-state index >= 15 is 0 Å². The van der Waals surface area contributed by atoms with E-state index in [4.69, 9.17) is 5.73 Å². The van der Waals surface area contributed by atoms with Gasteiger partial charge in [-0.2, -0.15) is 0 Å². The number of amides is 1. The van der Waals surface area contributed by atoms with Gasteiger partial charge in [-0.15, -0.1) is 0 Å². The Balaban J connectivity index is 2.06. The fourth-order valence-electron chi connectivity index (χ4n) is 2.61. The molecule has 0 atom stereocenters.